The Morgan fingerprint density at radius 3 is 3.00 bits per heavy atom. The molecule has 1 aliphatic rings. The van der Waals surface area contributed by atoms with E-state index in [-0.39, 0.29) is 0 Å². The minimum atomic E-state index is 0.484. The van der Waals surface area contributed by atoms with E-state index >= 15 is 0 Å². The predicted molar refractivity (Wildman–Crippen MR) is 92.1 cm³/mol. The van der Waals surface area contributed by atoms with Crippen LogP contribution in [0.5, 0.6) is 5.75 Å². The second kappa shape index (κ2) is 6.95. The number of ether oxygens (including phenoxy) is 1. The zero-order valence-corrected chi connectivity index (χ0v) is 14.6. The van der Waals surface area contributed by atoms with Gasteiger partial charge in [0.2, 0.25) is 0 Å². The van der Waals surface area contributed by atoms with E-state index in [0.29, 0.717) is 12.6 Å². The van der Waals surface area contributed by atoms with Gasteiger partial charge in [0.15, 0.2) is 0 Å². The van der Waals surface area contributed by atoms with Gasteiger partial charge in [-0.1, -0.05) is 19.1 Å². The summed E-state index contributed by atoms with van der Waals surface area (Å²) in [5.74, 6) is 1.06. The zero-order chi connectivity index (χ0) is 14.7. The van der Waals surface area contributed by atoms with E-state index in [1.165, 1.54) is 28.8 Å². The Balaban J connectivity index is 1.78. The first kappa shape index (κ1) is 15.1. The lowest BCUT2D eigenvalue weighted by molar-refractivity contribution is 0.303. The molecule has 0 fully saturated rings. The topological polar surface area (TPSA) is 21.3 Å². The molecule has 1 heterocycles. The molecule has 1 unspecified atom stereocenters. The van der Waals surface area contributed by atoms with E-state index in [0.717, 1.165) is 22.5 Å². The van der Waals surface area contributed by atoms with Crippen molar-refractivity contribution in [3.05, 3.63) is 50.1 Å². The molecular formula is C17H20BrNOS. The van der Waals surface area contributed by atoms with Crippen molar-refractivity contribution in [1.82, 2.24) is 5.32 Å². The molecule has 1 N–H and O–H groups in total. The Labute approximate surface area is 138 Å². The summed E-state index contributed by atoms with van der Waals surface area (Å²) >= 11 is 5.23. The number of nitrogens with one attached hydrogen (secondary N) is 1. The smallest absolute Gasteiger partial charge is 0.123 e. The van der Waals surface area contributed by atoms with Crippen molar-refractivity contribution in [3.8, 4) is 5.75 Å². The van der Waals surface area contributed by atoms with Crippen molar-refractivity contribution < 1.29 is 4.74 Å². The molecule has 0 saturated carbocycles. The number of fused-ring (bicyclic) bond motifs is 1. The predicted octanol–water partition coefficient (Wildman–Crippen LogP) is 5.08. The van der Waals surface area contributed by atoms with Gasteiger partial charge in [-0.3, -0.25) is 0 Å². The van der Waals surface area contributed by atoms with Crippen LogP contribution in [-0.2, 0) is 13.0 Å². The molecule has 112 valence electrons. The van der Waals surface area contributed by atoms with Crippen molar-refractivity contribution in [1.29, 1.82) is 0 Å². The molecule has 1 aromatic carbocycles. The van der Waals surface area contributed by atoms with E-state index < -0.39 is 0 Å². The number of halogens is 1. The number of rotatable bonds is 5. The Morgan fingerprint density at radius 2 is 2.24 bits per heavy atom. The Hall–Kier alpha value is -0.840. The first-order chi connectivity index (χ1) is 10.3. The van der Waals surface area contributed by atoms with E-state index in [9.17, 15) is 0 Å². The lowest BCUT2D eigenvalue weighted by Gasteiger charge is -2.27. The highest BCUT2D eigenvalue weighted by atomic mass is 79.9. The van der Waals surface area contributed by atoms with Gasteiger partial charge >= 0.3 is 0 Å². The van der Waals surface area contributed by atoms with E-state index in [1.807, 2.05) is 0 Å². The summed E-state index contributed by atoms with van der Waals surface area (Å²) in [7, 11) is 0. The second-order valence-electron chi connectivity index (χ2n) is 5.32. The molecule has 1 aliphatic carbocycles. The van der Waals surface area contributed by atoms with Crippen LogP contribution in [-0.4, -0.2) is 6.54 Å². The van der Waals surface area contributed by atoms with E-state index in [4.69, 9.17) is 4.74 Å². The molecule has 0 bridgehead atoms. The third kappa shape index (κ3) is 3.50. The zero-order valence-electron chi connectivity index (χ0n) is 12.2. The molecule has 4 heteroatoms. The summed E-state index contributed by atoms with van der Waals surface area (Å²) in [6, 6.07) is 11.1. The molecule has 2 aromatic rings. The van der Waals surface area contributed by atoms with Gasteiger partial charge in [0, 0.05) is 10.9 Å². The van der Waals surface area contributed by atoms with Crippen LogP contribution >= 0.6 is 27.3 Å². The molecule has 0 aliphatic heterocycles. The molecule has 0 amide bonds. The summed E-state index contributed by atoms with van der Waals surface area (Å²) in [5, 5.41) is 3.59. The molecule has 1 aromatic heterocycles. The van der Waals surface area contributed by atoms with Crippen molar-refractivity contribution in [2.75, 3.05) is 6.54 Å². The Kier molecular flexibility index (Phi) is 4.99. The van der Waals surface area contributed by atoms with Crippen molar-refractivity contribution in [3.63, 3.8) is 0 Å². The molecule has 0 radical (unpaired) electrons. The van der Waals surface area contributed by atoms with Crippen LogP contribution in [0.3, 0.4) is 0 Å². The van der Waals surface area contributed by atoms with Gasteiger partial charge < -0.3 is 10.1 Å². The minimum Gasteiger partial charge on any atom is -0.488 e. The maximum absolute atomic E-state index is 6.09. The van der Waals surface area contributed by atoms with Gasteiger partial charge in [0.25, 0.3) is 0 Å². The molecule has 0 saturated heterocycles. The van der Waals surface area contributed by atoms with Gasteiger partial charge in [0.05, 0.1) is 3.79 Å². The van der Waals surface area contributed by atoms with Crippen molar-refractivity contribution in [2.24, 2.45) is 0 Å². The van der Waals surface area contributed by atoms with Crippen LogP contribution < -0.4 is 10.1 Å². The van der Waals surface area contributed by atoms with Gasteiger partial charge in [0.1, 0.15) is 12.4 Å². The third-order valence-electron chi connectivity index (χ3n) is 3.91. The van der Waals surface area contributed by atoms with Crippen LogP contribution in [0.2, 0.25) is 0 Å². The van der Waals surface area contributed by atoms with Gasteiger partial charge in [-0.2, -0.15) is 0 Å². The number of hydrogen-bond acceptors (Lipinski definition) is 3. The molecule has 21 heavy (non-hydrogen) atoms. The van der Waals surface area contributed by atoms with Crippen LogP contribution in [0.1, 0.15) is 41.8 Å². The van der Waals surface area contributed by atoms with Crippen molar-refractivity contribution in [2.45, 2.75) is 38.8 Å². The SMILES string of the molecule is CCNC1CCCc2c(OCc3ccc(Br)s3)cccc21. The first-order valence-corrected chi connectivity index (χ1v) is 9.11. The quantitative estimate of drug-likeness (QED) is 0.797. The maximum atomic E-state index is 6.09. The van der Waals surface area contributed by atoms with Gasteiger partial charge in [-0.25, -0.2) is 0 Å². The van der Waals surface area contributed by atoms with Crippen molar-refractivity contribution >= 4 is 27.3 Å². The number of thiophene rings is 1. The Morgan fingerprint density at radius 1 is 1.33 bits per heavy atom. The Bertz CT molecular complexity index is 611. The van der Waals surface area contributed by atoms with Crippen LogP contribution in [0.25, 0.3) is 0 Å². The summed E-state index contributed by atoms with van der Waals surface area (Å²) < 4.78 is 7.25. The average molecular weight is 366 g/mol. The molecular weight excluding hydrogens is 346 g/mol. The number of hydrogen-bond donors (Lipinski definition) is 1. The fraction of sp³-hybridized carbons (Fsp3) is 0.412. The largest absolute Gasteiger partial charge is 0.488 e. The summed E-state index contributed by atoms with van der Waals surface area (Å²) in [6.45, 7) is 3.83. The fourth-order valence-corrected chi connectivity index (χ4v) is 4.38. The summed E-state index contributed by atoms with van der Waals surface area (Å²) in [5.41, 5.74) is 2.82. The molecule has 2 nitrogen and oxygen atoms in total. The molecule has 3 rings (SSSR count). The minimum absolute atomic E-state index is 0.484. The standard InChI is InChI=1S/C17H20BrNOS/c1-2-19-15-7-3-6-14-13(15)5-4-8-16(14)20-11-12-9-10-17(18)21-12/h4-5,8-10,15,19H,2-3,6-7,11H2,1H3. The fourth-order valence-electron chi connectivity index (χ4n) is 2.99. The van der Waals surface area contributed by atoms with Crippen LogP contribution in [0.15, 0.2) is 34.1 Å². The number of benzene rings is 1. The molecule has 1 atom stereocenters. The van der Waals surface area contributed by atoms with Gasteiger partial charge in [-0.05, 0) is 71.1 Å². The van der Waals surface area contributed by atoms with E-state index in [2.05, 4.69) is 58.5 Å². The molecule has 0 spiro atoms. The first-order valence-electron chi connectivity index (χ1n) is 7.50. The van der Waals surface area contributed by atoms with Crippen LogP contribution in [0, 0.1) is 0 Å². The highest BCUT2D eigenvalue weighted by Crippen LogP contribution is 2.36. The van der Waals surface area contributed by atoms with E-state index in [1.54, 1.807) is 11.3 Å². The normalized spacial score (nSPS) is 17.5. The highest BCUT2D eigenvalue weighted by molar-refractivity contribution is 9.11. The van der Waals surface area contributed by atoms with Crippen LogP contribution in [0.4, 0.5) is 0 Å². The third-order valence-corrected chi connectivity index (χ3v) is 5.51. The van der Waals surface area contributed by atoms with Gasteiger partial charge in [-0.15, -0.1) is 11.3 Å². The second-order valence-corrected chi connectivity index (χ2v) is 7.87. The summed E-state index contributed by atoms with van der Waals surface area (Å²) in [6.07, 6.45) is 3.58. The lowest BCUT2D eigenvalue weighted by atomic mass is 9.87. The highest BCUT2D eigenvalue weighted by Gasteiger charge is 2.22. The summed E-state index contributed by atoms with van der Waals surface area (Å²) in [4.78, 5) is 1.25. The maximum Gasteiger partial charge on any atom is 0.123 e. The lowest BCUT2D eigenvalue weighted by Crippen LogP contribution is -2.25. The average Bonchev–Trinajstić information content (AvgIpc) is 2.91. The monoisotopic (exact) mass is 365 g/mol.